The van der Waals surface area contributed by atoms with Gasteiger partial charge in [-0.2, -0.15) is 13.2 Å². The minimum absolute atomic E-state index is 0.149. The number of anilines is 1. The Labute approximate surface area is 114 Å². The molecule has 0 aliphatic carbocycles. The van der Waals surface area contributed by atoms with Crippen LogP contribution in [0.3, 0.4) is 0 Å². The van der Waals surface area contributed by atoms with E-state index in [1.807, 2.05) is 6.92 Å². The van der Waals surface area contributed by atoms with Crippen molar-refractivity contribution < 1.29 is 22.7 Å². The van der Waals surface area contributed by atoms with Crippen molar-refractivity contribution in [1.82, 2.24) is 10.3 Å². The Bertz CT molecular complexity index is 421. The van der Waals surface area contributed by atoms with Gasteiger partial charge in [-0.25, -0.2) is 4.98 Å². The number of hydrogen-bond acceptors (Lipinski definition) is 4. The van der Waals surface area contributed by atoms with Crippen LogP contribution in [0.4, 0.5) is 18.9 Å². The highest BCUT2D eigenvalue weighted by Crippen LogP contribution is 2.17. The maximum Gasteiger partial charge on any atom is 0.422 e. The van der Waals surface area contributed by atoms with Gasteiger partial charge in [0.2, 0.25) is 11.8 Å². The predicted molar refractivity (Wildman–Crippen MR) is 67.6 cm³/mol. The highest BCUT2D eigenvalue weighted by molar-refractivity contribution is 5.92. The molecule has 0 radical (unpaired) electrons. The average Bonchev–Trinajstić information content (AvgIpc) is 2.37. The third kappa shape index (κ3) is 6.93. The number of amides is 1. The maximum atomic E-state index is 11.9. The van der Waals surface area contributed by atoms with Gasteiger partial charge in [-0.05, 0) is 19.0 Å². The van der Waals surface area contributed by atoms with Crippen molar-refractivity contribution in [3.05, 3.63) is 18.3 Å². The number of ether oxygens (including phenoxy) is 1. The first-order valence-electron chi connectivity index (χ1n) is 6.07. The highest BCUT2D eigenvalue weighted by atomic mass is 19.4. The van der Waals surface area contributed by atoms with Crippen molar-refractivity contribution in [3.63, 3.8) is 0 Å². The zero-order valence-electron chi connectivity index (χ0n) is 11.0. The van der Waals surface area contributed by atoms with Crippen molar-refractivity contribution in [2.24, 2.45) is 0 Å². The third-order valence-electron chi connectivity index (χ3n) is 2.12. The van der Waals surface area contributed by atoms with Gasteiger partial charge in [0.15, 0.2) is 6.61 Å². The molecule has 0 aromatic carbocycles. The van der Waals surface area contributed by atoms with E-state index in [0.29, 0.717) is 5.69 Å². The minimum Gasteiger partial charge on any atom is -0.468 e. The SMILES string of the molecule is CCCNCC(=O)Nc1ccc(OCC(F)(F)F)nc1. The number of aromatic nitrogens is 1. The second-order valence-electron chi connectivity index (χ2n) is 4.01. The smallest absolute Gasteiger partial charge is 0.422 e. The molecule has 1 heterocycles. The van der Waals surface area contributed by atoms with Crippen LogP contribution in [-0.4, -0.2) is 36.8 Å². The molecule has 0 atom stereocenters. The summed E-state index contributed by atoms with van der Waals surface area (Å²) in [6, 6.07) is 2.69. The summed E-state index contributed by atoms with van der Waals surface area (Å²) in [5, 5.41) is 5.48. The topological polar surface area (TPSA) is 63.2 Å². The van der Waals surface area contributed by atoms with Crippen LogP contribution in [0.2, 0.25) is 0 Å². The predicted octanol–water partition coefficient (Wildman–Crippen LogP) is 1.96. The summed E-state index contributed by atoms with van der Waals surface area (Å²) in [5.74, 6) is -0.395. The standard InChI is InChI=1S/C12H16F3N3O2/c1-2-5-16-7-10(19)18-9-3-4-11(17-6-9)20-8-12(13,14)15/h3-4,6,16H,2,5,7-8H2,1H3,(H,18,19). The van der Waals surface area contributed by atoms with E-state index >= 15 is 0 Å². The molecule has 0 aliphatic heterocycles. The molecular weight excluding hydrogens is 275 g/mol. The largest absolute Gasteiger partial charge is 0.468 e. The molecule has 0 aliphatic rings. The summed E-state index contributed by atoms with van der Waals surface area (Å²) in [7, 11) is 0. The number of carbonyl (C=O) groups excluding carboxylic acids is 1. The summed E-state index contributed by atoms with van der Waals surface area (Å²) in [6.07, 6.45) is -2.25. The van der Waals surface area contributed by atoms with Gasteiger partial charge in [0.1, 0.15) is 0 Å². The van der Waals surface area contributed by atoms with Gasteiger partial charge >= 0.3 is 6.18 Å². The second kappa shape index (κ2) is 7.68. The Hall–Kier alpha value is -1.83. The van der Waals surface area contributed by atoms with Crippen LogP contribution in [0.25, 0.3) is 0 Å². The van der Waals surface area contributed by atoms with E-state index in [9.17, 15) is 18.0 Å². The van der Waals surface area contributed by atoms with Crippen LogP contribution < -0.4 is 15.4 Å². The number of nitrogens with one attached hydrogen (secondary N) is 2. The first-order chi connectivity index (χ1) is 9.40. The second-order valence-corrected chi connectivity index (χ2v) is 4.01. The van der Waals surface area contributed by atoms with Gasteiger partial charge < -0.3 is 15.4 Å². The molecule has 0 saturated heterocycles. The van der Waals surface area contributed by atoms with Crippen LogP contribution in [-0.2, 0) is 4.79 Å². The Balaban J connectivity index is 2.40. The number of rotatable bonds is 7. The number of pyridine rings is 1. The van der Waals surface area contributed by atoms with E-state index in [1.165, 1.54) is 18.3 Å². The van der Waals surface area contributed by atoms with Crippen LogP contribution in [0.5, 0.6) is 5.88 Å². The van der Waals surface area contributed by atoms with Gasteiger partial charge in [0.25, 0.3) is 0 Å². The quantitative estimate of drug-likeness (QED) is 0.754. The molecular formula is C12H16F3N3O2. The number of hydrogen-bond donors (Lipinski definition) is 2. The first kappa shape index (κ1) is 16.2. The average molecular weight is 291 g/mol. The lowest BCUT2D eigenvalue weighted by molar-refractivity contribution is -0.154. The molecule has 1 amide bonds. The first-order valence-corrected chi connectivity index (χ1v) is 6.07. The van der Waals surface area contributed by atoms with Crippen LogP contribution >= 0.6 is 0 Å². The molecule has 1 aromatic rings. The maximum absolute atomic E-state index is 11.9. The fourth-order valence-electron chi connectivity index (χ4n) is 1.28. The van der Waals surface area contributed by atoms with Crippen LogP contribution in [0.15, 0.2) is 18.3 Å². The molecule has 0 saturated carbocycles. The molecule has 8 heteroatoms. The fraction of sp³-hybridized carbons (Fsp3) is 0.500. The van der Waals surface area contributed by atoms with Crippen LogP contribution in [0.1, 0.15) is 13.3 Å². The monoisotopic (exact) mass is 291 g/mol. The van der Waals surface area contributed by atoms with Crippen molar-refractivity contribution >= 4 is 11.6 Å². The van der Waals surface area contributed by atoms with Crippen molar-refractivity contribution in [2.75, 3.05) is 25.0 Å². The summed E-state index contributed by atoms with van der Waals surface area (Å²) in [4.78, 5) is 15.1. The molecule has 1 rings (SSSR count). The number of halogens is 3. The molecule has 5 nitrogen and oxygen atoms in total. The normalized spacial score (nSPS) is 11.2. The van der Waals surface area contributed by atoms with Gasteiger partial charge in [-0.3, -0.25) is 4.79 Å². The molecule has 20 heavy (non-hydrogen) atoms. The van der Waals surface area contributed by atoms with Gasteiger partial charge in [-0.1, -0.05) is 6.92 Å². The minimum atomic E-state index is -4.40. The van der Waals surface area contributed by atoms with Gasteiger partial charge in [0, 0.05) is 6.07 Å². The van der Waals surface area contributed by atoms with Gasteiger partial charge in [0.05, 0.1) is 18.4 Å². The molecule has 112 valence electrons. The van der Waals surface area contributed by atoms with E-state index in [-0.39, 0.29) is 18.3 Å². The van der Waals surface area contributed by atoms with Crippen molar-refractivity contribution in [3.8, 4) is 5.88 Å². The Kier molecular flexibility index (Phi) is 6.23. The third-order valence-corrected chi connectivity index (χ3v) is 2.12. The van der Waals surface area contributed by atoms with Crippen molar-refractivity contribution in [1.29, 1.82) is 0 Å². The molecule has 1 aromatic heterocycles. The van der Waals surface area contributed by atoms with E-state index in [1.54, 1.807) is 0 Å². The molecule has 0 fully saturated rings. The van der Waals surface area contributed by atoms with E-state index in [2.05, 4.69) is 20.4 Å². The molecule has 2 N–H and O–H groups in total. The summed E-state index contributed by atoms with van der Waals surface area (Å²) >= 11 is 0. The van der Waals surface area contributed by atoms with E-state index < -0.39 is 12.8 Å². The number of alkyl halides is 3. The summed E-state index contributed by atoms with van der Waals surface area (Å²) in [5.41, 5.74) is 0.396. The van der Waals surface area contributed by atoms with Crippen LogP contribution in [0, 0.1) is 0 Å². The Morgan fingerprint density at radius 1 is 1.40 bits per heavy atom. The van der Waals surface area contributed by atoms with E-state index in [0.717, 1.165) is 13.0 Å². The van der Waals surface area contributed by atoms with Gasteiger partial charge in [-0.15, -0.1) is 0 Å². The zero-order valence-corrected chi connectivity index (χ0v) is 11.0. The lowest BCUT2D eigenvalue weighted by Gasteiger charge is -2.09. The lowest BCUT2D eigenvalue weighted by atomic mass is 10.4. The summed E-state index contributed by atoms with van der Waals surface area (Å²) < 4.78 is 40.2. The Morgan fingerprint density at radius 3 is 2.70 bits per heavy atom. The highest BCUT2D eigenvalue weighted by Gasteiger charge is 2.28. The fourth-order valence-corrected chi connectivity index (χ4v) is 1.28. The number of carbonyl (C=O) groups is 1. The molecule has 0 spiro atoms. The molecule has 0 bridgehead atoms. The Morgan fingerprint density at radius 2 is 2.15 bits per heavy atom. The zero-order chi connectivity index (χ0) is 15.0. The number of nitrogens with zero attached hydrogens (tertiary/aromatic N) is 1. The summed E-state index contributed by atoms with van der Waals surface area (Å²) in [6.45, 7) is 1.48. The van der Waals surface area contributed by atoms with E-state index in [4.69, 9.17) is 0 Å². The molecule has 0 unspecified atom stereocenters. The van der Waals surface area contributed by atoms with Crippen molar-refractivity contribution in [2.45, 2.75) is 19.5 Å². The lowest BCUT2D eigenvalue weighted by Crippen LogP contribution is -2.28.